The van der Waals surface area contributed by atoms with Crippen molar-refractivity contribution in [2.75, 3.05) is 7.11 Å². The van der Waals surface area contributed by atoms with Crippen molar-refractivity contribution in [2.45, 2.75) is 39.0 Å². The minimum absolute atomic E-state index is 0.0170. The third kappa shape index (κ3) is 2.99. The van der Waals surface area contributed by atoms with Gasteiger partial charge in [-0.25, -0.2) is 4.39 Å². The summed E-state index contributed by atoms with van der Waals surface area (Å²) in [6.07, 6.45) is 0.495. The van der Waals surface area contributed by atoms with Crippen molar-refractivity contribution in [1.29, 1.82) is 0 Å². The molecule has 3 rings (SSSR count). The van der Waals surface area contributed by atoms with E-state index in [1.165, 1.54) is 13.2 Å². The van der Waals surface area contributed by atoms with Gasteiger partial charge in [-0.15, -0.1) is 0 Å². The van der Waals surface area contributed by atoms with Gasteiger partial charge in [-0.1, -0.05) is 6.07 Å². The van der Waals surface area contributed by atoms with Gasteiger partial charge in [0.05, 0.1) is 25.0 Å². The molecule has 2 atom stereocenters. The third-order valence-corrected chi connectivity index (χ3v) is 4.17. The number of ether oxygens (including phenoxy) is 2. The summed E-state index contributed by atoms with van der Waals surface area (Å²) in [6, 6.07) is 4.55. The molecule has 2 heterocycles. The van der Waals surface area contributed by atoms with Crippen molar-refractivity contribution < 1.29 is 18.7 Å². The van der Waals surface area contributed by atoms with E-state index in [0.717, 1.165) is 11.3 Å². The maximum atomic E-state index is 13.9. The smallest absolute Gasteiger partial charge is 0.272 e. The highest BCUT2D eigenvalue weighted by Crippen LogP contribution is 2.30. The zero-order valence-electron chi connectivity index (χ0n) is 13.9. The molecule has 1 aliphatic heterocycles. The molecule has 1 amide bonds. The van der Waals surface area contributed by atoms with E-state index in [2.05, 4.69) is 15.5 Å². The summed E-state index contributed by atoms with van der Waals surface area (Å²) >= 11 is 0. The summed E-state index contributed by atoms with van der Waals surface area (Å²) < 4.78 is 24.8. The van der Waals surface area contributed by atoms with E-state index in [4.69, 9.17) is 9.47 Å². The molecule has 24 heavy (non-hydrogen) atoms. The predicted octanol–water partition coefficient (Wildman–Crippen LogP) is 2.51. The fourth-order valence-electron chi connectivity index (χ4n) is 3.02. The Morgan fingerprint density at radius 1 is 1.50 bits per heavy atom. The fourth-order valence-corrected chi connectivity index (χ4v) is 3.02. The van der Waals surface area contributed by atoms with Crippen LogP contribution in [0.15, 0.2) is 18.2 Å². The van der Waals surface area contributed by atoms with Crippen molar-refractivity contribution in [1.82, 2.24) is 15.5 Å². The fraction of sp³-hybridized carbons (Fsp3) is 0.412. The number of H-pyrrole nitrogens is 1. The molecule has 0 spiro atoms. The topological polar surface area (TPSA) is 76.2 Å². The summed E-state index contributed by atoms with van der Waals surface area (Å²) in [5.74, 6) is -0.372. The minimum atomic E-state index is -0.422. The summed E-state index contributed by atoms with van der Waals surface area (Å²) in [6.45, 7) is 3.90. The molecule has 0 saturated heterocycles. The molecule has 0 radical (unpaired) electrons. The molecule has 128 valence electrons. The van der Waals surface area contributed by atoms with Crippen molar-refractivity contribution >= 4 is 5.91 Å². The number of hydrogen-bond donors (Lipinski definition) is 2. The summed E-state index contributed by atoms with van der Waals surface area (Å²) in [5, 5.41) is 9.71. The van der Waals surface area contributed by atoms with Crippen LogP contribution in [-0.4, -0.2) is 29.3 Å². The Kier molecular flexibility index (Phi) is 4.53. The second kappa shape index (κ2) is 6.60. The van der Waals surface area contributed by atoms with Gasteiger partial charge in [-0.05, 0) is 26.0 Å². The number of carbonyl (C=O) groups is 1. The Hall–Kier alpha value is -2.41. The van der Waals surface area contributed by atoms with Crippen LogP contribution in [0.5, 0.6) is 5.75 Å². The number of nitrogens with one attached hydrogen (secondary N) is 2. The van der Waals surface area contributed by atoms with Crippen LogP contribution in [0.3, 0.4) is 0 Å². The van der Waals surface area contributed by atoms with Gasteiger partial charge in [0.25, 0.3) is 5.91 Å². The largest absolute Gasteiger partial charge is 0.496 e. The van der Waals surface area contributed by atoms with Crippen LogP contribution in [0.1, 0.15) is 47.3 Å². The van der Waals surface area contributed by atoms with Gasteiger partial charge >= 0.3 is 0 Å². The van der Waals surface area contributed by atoms with Gasteiger partial charge in [0.1, 0.15) is 11.6 Å². The summed E-state index contributed by atoms with van der Waals surface area (Å²) in [5.41, 5.74) is 2.33. The van der Waals surface area contributed by atoms with Gasteiger partial charge in [0, 0.05) is 24.1 Å². The summed E-state index contributed by atoms with van der Waals surface area (Å²) in [4.78, 5) is 12.5. The highest BCUT2D eigenvalue weighted by atomic mass is 19.1. The van der Waals surface area contributed by atoms with Crippen molar-refractivity contribution in [2.24, 2.45) is 0 Å². The number of rotatable bonds is 4. The lowest BCUT2D eigenvalue weighted by Gasteiger charge is -2.25. The molecule has 1 aromatic carbocycles. The number of carbonyl (C=O) groups excluding carboxylic acids is 1. The van der Waals surface area contributed by atoms with Gasteiger partial charge in [0.15, 0.2) is 5.69 Å². The predicted molar refractivity (Wildman–Crippen MR) is 85.4 cm³/mol. The molecule has 0 bridgehead atoms. The first kappa shape index (κ1) is 16.4. The van der Waals surface area contributed by atoms with E-state index in [9.17, 15) is 9.18 Å². The molecule has 0 unspecified atom stereocenters. The number of aromatic nitrogens is 2. The third-order valence-electron chi connectivity index (χ3n) is 4.17. The number of halogens is 1. The quantitative estimate of drug-likeness (QED) is 0.901. The van der Waals surface area contributed by atoms with E-state index in [0.29, 0.717) is 23.4 Å². The minimum Gasteiger partial charge on any atom is -0.496 e. The second-order valence-electron chi connectivity index (χ2n) is 5.86. The van der Waals surface area contributed by atoms with Crippen LogP contribution >= 0.6 is 0 Å². The zero-order chi connectivity index (χ0) is 17.3. The molecular weight excluding hydrogens is 313 g/mol. The van der Waals surface area contributed by atoms with Crippen LogP contribution in [0.2, 0.25) is 0 Å². The van der Waals surface area contributed by atoms with Crippen LogP contribution in [0.4, 0.5) is 4.39 Å². The van der Waals surface area contributed by atoms with Crippen LogP contribution in [0.25, 0.3) is 0 Å². The highest BCUT2D eigenvalue weighted by Gasteiger charge is 2.29. The second-order valence-corrected chi connectivity index (χ2v) is 5.86. The zero-order valence-corrected chi connectivity index (χ0v) is 13.9. The number of aromatic amines is 1. The maximum Gasteiger partial charge on any atom is 0.272 e. The number of benzene rings is 1. The Morgan fingerprint density at radius 2 is 2.29 bits per heavy atom. The normalized spacial score (nSPS) is 19.7. The molecule has 0 fully saturated rings. The Bertz CT molecular complexity index is 760. The van der Waals surface area contributed by atoms with Crippen molar-refractivity contribution in [3.05, 3.63) is 46.5 Å². The van der Waals surface area contributed by atoms with Crippen LogP contribution < -0.4 is 10.1 Å². The van der Waals surface area contributed by atoms with Gasteiger partial charge in [-0.2, -0.15) is 5.10 Å². The average Bonchev–Trinajstić information content (AvgIpc) is 2.97. The van der Waals surface area contributed by atoms with Gasteiger partial charge in [0.2, 0.25) is 0 Å². The van der Waals surface area contributed by atoms with Crippen molar-refractivity contribution in [3.63, 3.8) is 0 Å². The first-order valence-electron chi connectivity index (χ1n) is 7.83. The average molecular weight is 333 g/mol. The molecule has 6 nitrogen and oxygen atoms in total. The SMILES string of the molecule is COc1cccc(F)c1CNC(=O)c1n[nH]c2c1C[C@H](C)O[C@@H]2C. The number of amides is 1. The highest BCUT2D eigenvalue weighted by molar-refractivity contribution is 5.94. The molecule has 1 aliphatic rings. The van der Waals surface area contributed by atoms with E-state index in [1.54, 1.807) is 12.1 Å². The molecule has 2 N–H and O–H groups in total. The lowest BCUT2D eigenvalue weighted by Crippen LogP contribution is -2.27. The number of hydrogen-bond acceptors (Lipinski definition) is 4. The first-order valence-corrected chi connectivity index (χ1v) is 7.83. The Morgan fingerprint density at radius 3 is 3.04 bits per heavy atom. The lowest BCUT2D eigenvalue weighted by molar-refractivity contribution is -0.00697. The Balaban J connectivity index is 1.78. The number of methoxy groups -OCH3 is 1. The standard InChI is InChI=1S/C17H20FN3O3/c1-9-7-11-15(10(2)24-9)20-21-16(11)17(22)19-8-12-13(18)5-4-6-14(12)23-3/h4-6,9-10H,7-8H2,1-3H3,(H,19,22)(H,20,21)/t9-,10+/m0/s1. The van der Waals surface area contributed by atoms with Crippen LogP contribution in [-0.2, 0) is 17.7 Å². The van der Waals surface area contributed by atoms with E-state index in [-0.39, 0.29) is 24.7 Å². The molecule has 1 aromatic heterocycles. The molecule has 2 aromatic rings. The summed E-state index contributed by atoms with van der Waals surface area (Å²) in [7, 11) is 1.47. The molecule has 0 saturated carbocycles. The monoisotopic (exact) mass is 333 g/mol. The van der Waals surface area contributed by atoms with Gasteiger partial charge in [-0.3, -0.25) is 9.89 Å². The van der Waals surface area contributed by atoms with Crippen molar-refractivity contribution in [3.8, 4) is 5.75 Å². The van der Waals surface area contributed by atoms with Gasteiger partial charge < -0.3 is 14.8 Å². The lowest BCUT2D eigenvalue weighted by atomic mass is 9.99. The van der Waals surface area contributed by atoms with E-state index >= 15 is 0 Å². The molecule has 7 heteroatoms. The van der Waals surface area contributed by atoms with E-state index < -0.39 is 5.82 Å². The number of nitrogens with zero attached hydrogens (tertiary/aromatic N) is 1. The number of fused-ring (bicyclic) bond motifs is 1. The van der Waals surface area contributed by atoms with Crippen LogP contribution in [0, 0.1) is 5.82 Å². The molecular formula is C17H20FN3O3. The Labute approximate surface area is 139 Å². The van der Waals surface area contributed by atoms with E-state index in [1.807, 2.05) is 13.8 Å². The molecule has 0 aliphatic carbocycles. The first-order chi connectivity index (χ1) is 11.5. The maximum absolute atomic E-state index is 13.9.